The van der Waals surface area contributed by atoms with Crippen molar-refractivity contribution in [2.75, 3.05) is 18.1 Å². The first-order chi connectivity index (χ1) is 8.63. The number of hydrogen-bond acceptors (Lipinski definition) is 3. The molecule has 2 N–H and O–H groups in total. The molecule has 2 unspecified atom stereocenters. The van der Waals surface area contributed by atoms with Gasteiger partial charge in [0.05, 0.1) is 12.3 Å². The lowest BCUT2D eigenvalue weighted by Gasteiger charge is -2.29. The summed E-state index contributed by atoms with van der Waals surface area (Å²) >= 11 is 0. The lowest BCUT2D eigenvalue weighted by atomic mass is 10.2. The fourth-order valence-corrected chi connectivity index (χ4v) is 2.20. The predicted molar refractivity (Wildman–Crippen MR) is 66.8 cm³/mol. The van der Waals surface area contributed by atoms with E-state index in [-0.39, 0.29) is 24.4 Å². The van der Waals surface area contributed by atoms with E-state index in [4.69, 9.17) is 0 Å². The molecule has 1 fully saturated rings. The standard InChI is InChI=1S/C13H17FN2O2/c1-9-6-7-16(12(8-17)13(18)15-9)11-5-3-2-4-10(11)14/h2-5,9,12,17H,6-8H2,1H3,(H,15,18). The van der Waals surface area contributed by atoms with Crippen LogP contribution in [0.1, 0.15) is 13.3 Å². The number of aliphatic hydroxyl groups is 1. The van der Waals surface area contributed by atoms with Gasteiger partial charge in [-0.3, -0.25) is 4.79 Å². The Bertz CT molecular complexity index is 439. The summed E-state index contributed by atoms with van der Waals surface area (Å²) in [6.45, 7) is 2.11. The zero-order valence-electron chi connectivity index (χ0n) is 10.3. The smallest absolute Gasteiger partial charge is 0.245 e. The van der Waals surface area contributed by atoms with E-state index in [2.05, 4.69) is 5.32 Å². The van der Waals surface area contributed by atoms with Gasteiger partial charge in [0, 0.05) is 12.6 Å². The lowest BCUT2D eigenvalue weighted by Crippen LogP contribution is -2.47. The minimum absolute atomic E-state index is 0.0309. The van der Waals surface area contributed by atoms with E-state index in [9.17, 15) is 14.3 Å². The third-order valence-corrected chi connectivity index (χ3v) is 3.21. The maximum Gasteiger partial charge on any atom is 0.245 e. The SMILES string of the molecule is CC1CCN(c2ccccc2F)C(CO)C(=O)N1. The highest BCUT2D eigenvalue weighted by atomic mass is 19.1. The second kappa shape index (κ2) is 5.35. The minimum atomic E-state index is -0.730. The molecule has 1 saturated heterocycles. The van der Waals surface area contributed by atoms with Gasteiger partial charge in [-0.05, 0) is 25.5 Å². The third kappa shape index (κ3) is 2.46. The first-order valence-corrected chi connectivity index (χ1v) is 6.06. The molecule has 0 bridgehead atoms. The number of carbonyl (C=O) groups excluding carboxylic acids is 1. The number of nitrogens with zero attached hydrogens (tertiary/aromatic N) is 1. The van der Waals surface area contributed by atoms with Crippen LogP contribution < -0.4 is 10.2 Å². The van der Waals surface area contributed by atoms with Crippen LogP contribution in [0.15, 0.2) is 24.3 Å². The normalized spacial score (nSPS) is 24.6. The molecule has 0 radical (unpaired) electrons. The Morgan fingerprint density at radius 2 is 2.22 bits per heavy atom. The van der Waals surface area contributed by atoms with Crippen LogP contribution in [0, 0.1) is 5.82 Å². The van der Waals surface area contributed by atoms with Crippen molar-refractivity contribution in [2.45, 2.75) is 25.4 Å². The Hall–Kier alpha value is -1.62. The molecule has 5 heteroatoms. The van der Waals surface area contributed by atoms with E-state index >= 15 is 0 Å². The molecule has 4 nitrogen and oxygen atoms in total. The van der Waals surface area contributed by atoms with Gasteiger partial charge in [-0.15, -0.1) is 0 Å². The van der Waals surface area contributed by atoms with Crippen LogP contribution in [-0.4, -0.2) is 36.2 Å². The second-order valence-electron chi connectivity index (χ2n) is 4.54. The number of carbonyl (C=O) groups is 1. The van der Waals surface area contributed by atoms with E-state index in [0.29, 0.717) is 12.2 Å². The molecule has 0 aromatic heterocycles. The van der Waals surface area contributed by atoms with E-state index in [0.717, 1.165) is 6.42 Å². The lowest BCUT2D eigenvalue weighted by molar-refractivity contribution is -0.123. The topological polar surface area (TPSA) is 52.6 Å². The summed E-state index contributed by atoms with van der Waals surface area (Å²) in [7, 11) is 0. The fourth-order valence-electron chi connectivity index (χ4n) is 2.20. The molecule has 1 aliphatic rings. The van der Waals surface area contributed by atoms with E-state index in [1.807, 2.05) is 6.92 Å². The Labute approximate surface area is 105 Å². The summed E-state index contributed by atoms with van der Waals surface area (Å²) < 4.78 is 13.8. The number of halogens is 1. The summed E-state index contributed by atoms with van der Waals surface area (Å²) in [5.41, 5.74) is 0.362. The second-order valence-corrected chi connectivity index (χ2v) is 4.54. The Morgan fingerprint density at radius 1 is 1.50 bits per heavy atom. The van der Waals surface area contributed by atoms with Crippen LogP contribution in [0.3, 0.4) is 0 Å². The highest BCUT2D eigenvalue weighted by molar-refractivity contribution is 5.86. The molecule has 1 aromatic carbocycles. The van der Waals surface area contributed by atoms with Crippen molar-refractivity contribution in [3.05, 3.63) is 30.1 Å². The molecule has 18 heavy (non-hydrogen) atoms. The molecule has 1 aromatic rings. The van der Waals surface area contributed by atoms with Gasteiger partial charge in [-0.2, -0.15) is 0 Å². The van der Waals surface area contributed by atoms with Crippen LogP contribution in [0.5, 0.6) is 0 Å². The van der Waals surface area contributed by atoms with Crippen molar-refractivity contribution in [3.63, 3.8) is 0 Å². The number of benzene rings is 1. The molecule has 0 saturated carbocycles. The number of anilines is 1. The summed E-state index contributed by atoms with van der Waals surface area (Å²) in [6.07, 6.45) is 0.719. The fraction of sp³-hybridized carbons (Fsp3) is 0.462. The number of hydrogen-bond donors (Lipinski definition) is 2. The summed E-state index contributed by atoms with van der Waals surface area (Å²) in [5.74, 6) is -0.635. The number of para-hydroxylation sites is 1. The summed E-state index contributed by atoms with van der Waals surface area (Å²) in [5, 5.41) is 12.2. The highest BCUT2D eigenvalue weighted by Crippen LogP contribution is 2.23. The van der Waals surface area contributed by atoms with E-state index < -0.39 is 6.04 Å². The van der Waals surface area contributed by atoms with Gasteiger partial charge in [0.15, 0.2) is 0 Å². The molecule has 0 aliphatic carbocycles. The highest BCUT2D eigenvalue weighted by Gasteiger charge is 2.30. The predicted octanol–water partition coefficient (Wildman–Crippen LogP) is 0.901. The van der Waals surface area contributed by atoms with Gasteiger partial charge < -0.3 is 15.3 Å². The maximum absolute atomic E-state index is 13.8. The van der Waals surface area contributed by atoms with Crippen LogP contribution in [-0.2, 0) is 4.79 Å². The first kappa shape index (κ1) is 12.8. The minimum Gasteiger partial charge on any atom is -0.394 e. The molecular weight excluding hydrogens is 235 g/mol. The zero-order chi connectivity index (χ0) is 13.1. The van der Waals surface area contributed by atoms with Gasteiger partial charge >= 0.3 is 0 Å². The average molecular weight is 252 g/mol. The van der Waals surface area contributed by atoms with Crippen LogP contribution in [0.2, 0.25) is 0 Å². The molecule has 2 rings (SSSR count). The Balaban J connectivity index is 2.34. The number of rotatable bonds is 2. The third-order valence-electron chi connectivity index (χ3n) is 3.21. The van der Waals surface area contributed by atoms with Crippen molar-refractivity contribution >= 4 is 11.6 Å². The first-order valence-electron chi connectivity index (χ1n) is 6.06. The molecule has 0 spiro atoms. The molecule has 1 heterocycles. The summed E-state index contributed by atoms with van der Waals surface area (Å²) in [4.78, 5) is 13.5. The zero-order valence-corrected chi connectivity index (χ0v) is 10.3. The van der Waals surface area contributed by atoms with Crippen molar-refractivity contribution in [1.29, 1.82) is 0 Å². The Morgan fingerprint density at radius 3 is 2.89 bits per heavy atom. The van der Waals surface area contributed by atoms with Crippen molar-refractivity contribution in [2.24, 2.45) is 0 Å². The Kier molecular flexibility index (Phi) is 3.81. The number of nitrogens with one attached hydrogen (secondary N) is 1. The van der Waals surface area contributed by atoms with Gasteiger partial charge in [-0.1, -0.05) is 12.1 Å². The van der Waals surface area contributed by atoms with Gasteiger partial charge in [0.1, 0.15) is 11.9 Å². The van der Waals surface area contributed by atoms with E-state index in [1.54, 1.807) is 23.1 Å². The van der Waals surface area contributed by atoms with E-state index in [1.165, 1.54) is 6.07 Å². The molecule has 1 aliphatic heterocycles. The quantitative estimate of drug-likeness (QED) is 0.822. The van der Waals surface area contributed by atoms with Crippen molar-refractivity contribution < 1.29 is 14.3 Å². The summed E-state index contributed by atoms with van der Waals surface area (Å²) in [6, 6.07) is 5.61. The van der Waals surface area contributed by atoms with Crippen LogP contribution >= 0.6 is 0 Å². The van der Waals surface area contributed by atoms with Crippen molar-refractivity contribution in [3.8, 4) is 0 Å². The maximum atomic E-state index is 13.8. The number of aliphatic hydroxyl groups excluding tert-OH is 1. The molecule has 1 amide bonds. The number of amides is 1. The molecule has 98 valence electrons. The van der Waals surface area contributed by atoms with Crippen LogP contribution in [0.4, 0.5) is 10.1 Å². The molecular formula is C13H17FN2O2. The van der Waals surface area contributed by atoms with Gasteiger partial charge in [0.25, 0.3) is 0 Å². The molecule has 2 atom stereocenters. The van der Waals surface area contributed by atoms with Crippen LogP contribution in [0.25, 0.3) is 0 Å². The van der Waals surface area contributed by atoms with Gasteiger partial charge in [0.2, 0.25) is 5.91 Å². The average Bonchev–Trinajstić information content (AvgIpc) is 2.48. The monoisotopic (exact) mass is 252 g/mol. The van der Waals surface area contributed by atoms with Gasteiger partial charge in [-0.25, -0.2) is 4.39 Å². The van der Waals surface area contributed by atoms with Crippen molar-refractivity contribution in [1.82, 2.24) is 5.32 Å². The largest absolute Gasteiger partial charge is 0.394 e.